The minimum absolute atomic E-state index is 0.272. The molecule has 2 unspecified atom stereocenters. The van der Waals surface area contributed by atoms with E-state index in [4.69, 9.17) is 16.4 Å². The van der Waals surface area contributed by atoms with E-state index >= 15 is 0 Å². The lowest BCUT2D eigenvalue weighted by molar-refractivity contribution is -0.285. The van der Waals surface area contributed by atoms with E-state index in [0.717, 1.165) is 0 Å². The van der Waals surface area contributed by atoms with Crippen molar-refractivity contribution in [1.82, 2.24) is 10.4 Å². The van der Waals surface area contributed by atoms with Crippen molar-refractivity contribution in [1.29, 1.82) is 0 Å². The van der Waals surface area contributed by atoms with Gasteiger partial charge in [0.25, 0.3) is 0 Å². The highest BCUT2D eigenvalue weighted by Gasteiger charge is 2.43. The maximum Gasteiger partial charge on any atom is 0.357 e. The first kappa shape index (κ1) is 13.8. The normalized spacial score (nSPS) is 27.4. The fourth-order valence-corrected chi connectivity index (χ4v) is 1.93. The number of nitrogens with one attached hydrogen (secondary N) is 1. The van der Waals surface area contributed by atoms with Gasteiger partial charge in [-0.2, -0.15) is 0 Å². The van der Waals surface area contributed by atoms with Gasteiger partial charge in [-0.15, -0.1) is 0 Å². The lowest BCUT2D eigenvalue weighted by Crippen LogP contribution is -2.61. The van der Waals surface area contributed by atoms with Crippen molar-refractivity contribution < 1.29 is 19.8 Å². The highest BCUT2D eigenvalue weighted by atomic mass is 35.5. The number of carbonyl (C=O) groups excluding carboxylic acids is 1. The predicted octanol–water partition coefficient (Wildman–Crippen LogP) is 0.728. The van der Waals surface area contributed by atoms with Gasteiger partial charge in [-0.1, -0.05) is 18.2 Å². The molecule has 102 valence electrons. The van der Waals surface area contributed by atoms with Crippen LogP contribution >= 0.6 is 11.6 Å². The molecule has 0 saturated heterocycles. The number of aliphatic hydroxyl groups is 2. The van der Waals surface area contributed by atoms with E-state index < -0.39 is 17.5 Å². The Labute approximate surface area is 114 Å². The second-order valence-corrected chi connectivity index (χ2v) is 4.57. The van der Waals surface area contributed by atoms with Gasteiger partial charge < -0.3 is 20.4 Å². The highest BCUT2D eigenvalue weighted by Crippen LogP contribution is 2.24. The van der Waals surface area contributed by atoms with Gasteiger partial charge in [0, 0.05) is 5.70 Å². The zero-order chi connectivity index (χ0) is 14.0. The number of halogens is 1. The molecule has 0 saturated carbocycles. The summed E-state index contributed by atoms with van der Waals surface area (Å²) in [5.41, 5.74) is 0.727. The average molecular weight is 285 g/mol. The second-order valence-electron chi connectivity index (χ2n) is 4.05. The van der Waals surface area contributed by atoms with Crippen LogP contribution < -0.4 is 5.32 Å². The number of aliphatic hydroxyl groups excluding tert-OH is 1. The maximum absolute atomic E-state index is 11.8. The van der Waals surface area contributed by atoms with Crippen LogP contribution in [-0.2, 0) is 4.84 Å². The Bertz CT molecular complexity index is 504. The Morgan fingerprint density at radius 2 is 2.11 bits per heavy atom. The first-order chi connectivity index (χ1) is 8.90. The fraction of sp³-hybridized carbons (Fsp3) is 0.250. The molecule has 1 aromatic carbocycles. The largest absolute Gasteiger partial charge is 0.371 e. The van der Waals surface area contributed by atoms with Crippen LogP contribution in [0.3, 0.4) is 0 Å². The third kappa shape index (κ3) is 3.05. The molecule has 1 aliphatic rings. The van der Waals surface area contributed by atoms with E-state index in [1.807, 2.05) is 0 Å². The van der Waals surface area contributed by atoms with Crippen LogP contribution in [0.5, 0.6) is 0 Å². The molecular formula is C12H13ClN2O4. The number of rotatable bonds is 2. The Kier molecular flexibility index (Phi) is 3.77. The smallest absolute Gasteiger partial charge is 0.357 e. The molecule has 1 aromatic rings. The number of hydrogen-bond donors (Lipinski definition) is 3. The number of hydrogen-bond acceptors (Lipinski definition) is 6. The van der Waals surface area contributed by atoms with Crippen molar-refractivity contribution in [3.05, 3.63) is 47.7 Å². The van der Waals surface area contributed by atoms with Crippen molar-refractivity contribution in [2.75, 3.05) is 0 Å². The zero-order valence-corrected chi connectivity index (χ0v) is 10.8. The number of nitrogens with zero attached hydrogens (tertiary/aromatic N) is 1. The van der Waals surface area contributed by atoms with Gasteiger partial charge in [0.1, 0.15) is 0 Å². The standard InChI is InChI=1S/C12H13ClN2O4/c1-8-7-10(16)15(12(13,18)14-8)19-11(17)9-5-3-2-4-6-9/h2-7,10,14,16,18H,1H3. The van der Waals surface area contributed by atoms with Crippen LogP contribution in [0.2, 0.25) is 0 Å². The van der Waals surface area contributed by atoms with Gasteiger partial charge in [-0.25, -0.2) is 4.79 Å². The molecule has 7 heteroatoms. The topological polar surface area (TPSA) is 82.0 Å². The lowest BCUT2D eigenvalue weighted by atomic mass is 10.2. The molecule has 0 aromatic heterocycles. The number of hydroxylamine groups is 2. The first-order valence-corrected chi connectivity index (χ1v) is 5.90. The maximum atomic E-state index is 11.8. The van der Waals surface area contributed by atoms with Crippen molar-refractivity contribution in [2.24, 2.45) is 0 Å². The third-order valence-corrected chi connectivity index (χ3v) is 2.74. The molecule has 0 radical (unpaired) electrons. The van der Waals surface area contributed by atoms with Crippen LogP contribution in [0.25, 0.3) is 0 Å². The Balaban J connectivity index is 2.16. The summed E-state index contributed by atoms with van der Waals surface area (Å²) < 4.78 is 0. The Morgan fingerprint density at radius 1 is 1.47 bits per heavy atom. The van der Waals surface area contributed by atoms with Crippen LogP contribution in [0.1, 0.15) is 17.3 Å². The molecule has 3 N–H and O–H groups in total. The third-order valence-electron chi connectivity index (χ3n) is 2.48. The van der Waals surface area contributed by atoms with Crippen LogP contribution in [0.15, 0.2) is 42.1 Å². The Morgan fingerprint density at radius 3 is 2.68 bits per heavy atom. The summed E-state index contributed by atoms with van der Waals surface area (Å²) in [5, 5.41) is 20.5. The van der Waals surface area contributed by atoms with Crippen LogP contribution in [0.4, 0.5) is 0 Å². The zero-order valence-electron chi connectivity index (χ0n) is 10.1. The van der Waals surface area contributed by atoms with E-state index in [1.54, 1.807) is 37.3 Å². The molecule has 19 heavy (non-hydrogen) atoms. The molecule has 2 atom stereocenters. The lowest BCUT2D eigenvalue weighted by Gasteiger charge is -2.38. The summed E-state index contributed by atoms with van der Waals surface area (Å²) in [4.78, 5) is 16.7. The van der Waals surface area contributed by atoms with Gasteiger partial charge in [0.15, 0.2) is 6.23 Å². The molecule has 0 fully saturated rings. The second kappa shape index (κ2) is 5.18. The summed E-state index contributed by atoms with van der Waals surface area (Å²) in [6.45, 7) is 1.60. The fourth-order valence-electron chi connectivity index (χ4n) is 1.64. The molecule has 2 rings (SSSR count). The van der Waals surface area contributed by atoms with E-state index in [-0.39, 0.29) is 5.56 Å². The summed E-state index contributed by atoms with van der Waals surface area (Å²) in [7, 11) is 0. The predicted molar refractivity (Wildman–Crippen MR) is 67.4 cm³/mol. The minimum Gasteiger partial charge on any atom is -0.371 e. The summed E-state index contributed by atoms with van der Waals surface area (Å²) in [6, 6.07) is 8.16. The van der Waals surface area contributed by atoms with E-state index in [9.17, 15) is 15.0 Å². The van der Waals surface area contributed by atoms with Crippen molar-refractivity contribution in [3.63, 3.8) is 0 Å². The van der Waals surface area contributed by atoms with Gasteiger partial charge in [0.2, 0.25) is 0 Å². The summed E-state index contributed by atoms with van der Waals surface area (Å²) >= 11 is 5.75. The average Bonchev–Trinajstić information content (AvgIpc) is 2.34. The van der Waals surface area contributed by atoms with Crippen molar-refractivity contribution in [3.8, 4) is 0 Å². The molecule has 0 bridgehead atoms. The number of benzene rings is 1. The van der Waals surface area contributed by atoms with Crippen molar-refractivity contribution >= 4 is 17.6 Å². The Hall–Kier alpha value is -1.60. The molecular weight excluding hydrogens is 272 g/mol. The molecule has 1 aliphatic heterocycles. The van der Waals surface area contributed by atoms with E-state index in [1.165, 1.54) is 6.08 Å². The number of allylic oxidation sites excluding steroid dienone is 1. The number of alkyl halides is 1. The van der Waals surface area contributed by atoms with Gasteiger partial charge >= 0.3 is 11.3 Å². The monoisotopic (exact) mass is 284 g/mol. The van der Waals surface area contributed by atoms with E-state index in [0.29, 0.717) is 10.8 Å². The van der Waals surface area contributed by atoms with Gasteiger partial charge in [-0.05, 0) is 41.8 Å². The first-order valence-electron chi connectivity index (χ1n) is 5.53. The quantitative estimate of drug-likeness (QED) is 0.549. The van der Waals surface area contributed by atoms with E-state index in [2.05, 4.69) is 5.32 Å². The number of carbonyl (C=O) groups is 1. The molecule has 1 heterocycles. The van der Waals surface area contributed by atoms with Gasteiger partial charge in [0.05, 0.1) is 5.56 Å². The molecule has 0 spiro atoms. The molecule has 6 nitrogen and oxygen atoms in total. The molecule has 0 aliphatic carbocycles. The van der Waals surface area contributed by atoms with Crippen LogP contribution in [-0.4, -0.2) is 32.8 Å². The van der Waals surface area contributed by atoms with Crippen molar-refractivity contribution in [2.45, 2.75) is 18.5 Å². The van der Waals surface area contributed by atoms with Gasteiger partial charge in [-0.3, -0.25) is 0 Å². The summed E-state index contributed by atoms with van der Waals surface area (Å²) in [6.07, 6.45) is -0.00816. The highest BCUT2D eigenvalue weighted by molar-refractivity contribution is 6.22. The summed E-state index contributed by atoms with van der Waals surface area (Å²) in [5.74, 6) is -0.742. The molecule has 0 amide bonds. The van der Waals surface area contributed by atoms with Crippen LogP contribution in [0, 0.1) is 0 Å². The SMILES string of the molecule is CC1=CC(O)N(OC(=O)c2ccccc2)C(O)(Cl)N1. The minimum atomic E-state index is -2.21.